The standard InChI is InChI=1S/C15H19N3O2S2/c1-10-6-11(2)8-12(7-10)18-15(16)17-9-13-4-5-14(21-13)22(3,19)20/h4-8H,9H2,1-3H3,(H3,16,17,18). The Bertz CT molecular complexity index is 788. The molecule has 1 heterocycles. The van der Waals surface area contributed by atoms with E-state index in [4.69, 9.17) is 5.73 Å². The number of nitrogens with one attached hydrogen (secondary N) is 1. The monoisotopic (exact) mass is 337 g/mol. The first-order valence-electron chi connectivity index (χ1n) is 6.68. The van der Waals surface area contributed by atoms with E-state index >= 15 is 0 Å². The number of nitrogens with zero attached hydrogens (tertiary/aromatic N) is 1. The van der Waals surface area contributed by atoms with Gasteiger partial charge in [-0.1, -0.05) is 6.07 Å². The number of rotatable bonds is 4. The number of guanidine groups is 1. The number of aliphatic imine (C=N–C) groups is 1. The molecule has 5 nitrogen and oxygen atoms in total. The summed E-state index contributed by atoms with van der Waals surface area (Å²) in [5.41, 5.74) is 9.05. The number of hydrogen-bond donors (Lipinski definition) is 2. The summed E-state index contributed by atoms with van der Waals surface area (Å²) in [7, 11) is -3.16. The van der Waals surface area contributed by atoms with Crippen LogP contribution in [0.2, 0.25) is 0 Å². The molecule has 3 N–H and O–H groups in total. The van der Waals surface area contributed by atoms with Gasteiger partial charge < -0.3 is 11.1 Å². The summed E-state index contributed by atoms with van der Waals surface area (Å²) in [6.07, 6.45) is 1.20. The van der Waals surface area contributed by atoms with E-state index in [0.717, 1.165) is 21.7 Å². The van der Waals surface area contributed by atoms with Gasteiger partial charge in [0.25, 0.3) is 0 Å². The number of thiophene rings is 1. The summed E-state index contributed by atoms with van der Waals surface area (Å²) >= 11 is 1.21. The normalized spacial score (nSPS) is 12.4. The van der Waals surface area contributed by atoms with Gasteiger partial charge in [0.2, 0.25) is 0 Å². The van der Waals surface area contributed by atoms with E-state index in [-0.39, 0.29) is 0 Å². The number of nitrogens with two attached hydrogens (primary N) is 1. The van der Waals surface area contributed by atoms with Gasteiger partial charge in [-0.2, -0.15) is 0 Å². The number of aryl methyl sites for hydroxylation is 2. The third-order valence-corrected chi connectivity index (χ3v) is 5.79. The fourth-order valence-electron chi connectivity index (χ4n) is 2.04. The molecule has 7 heteroatoms. The van der Waals surface area contributed by atoms with Gasteiger partial charge >= 0.3 is 0 Å². The van der Waals surface area contributed by atoms with Gasteiger partial charge in [-0.3, -0.25) is 0 Å². The molecular formula is C15H19N3O2S2. The Hall–Kier alpha value is -1.86. The molecule has 0 bridgehead atoms. The highest BCUT2D eigenvalue weighted by atomic mass is 32.2. The minimum Gasteiger partial charge on any atom is -0.370 e. The van der Waals surface area contributed by atoms with Crippen molar-refractivity contribution in [1.29, 1.82) is 0 Å². The van der Waals surface area contributed by atoms with Crippen molar-refractivity contribution < 1.29 is 8.42 Å². The van der Waals surface area contributed by atoms with E-state index in [2.05, 4.69) is 16.4 Å². The summed E-state index contributed by atoms with van der Waals surface area (Å²) in [6, 6.07) is 9.41. The Kier molecular flexibility index (Phi) is 4.87. The molecule has 0 radical (unpaired) electrons. The lowest BCUT2D eigenvalue weighted by Crippen LogP contribution is -2.22. The molecule has 0 amide bonds. The van der Waals surface area contributed by atoms with E-state index in [1.165, 1.54) is 17.6 Å². The zero-order valence-corrected chi connectivity index (χ0v) is 14.4. The molecule has 0 atom stereocenters. The highest BCUT2D eigenvalue weighted by molar-refractivity contribution is 7.92. The predicted octanol–water partition coefficient (Wildman–Crippen LogP) is 2.70. The van der Waals surface area contributed by atoms with Gasteiger partial charge in [0.05, 0.1) is 6.54 Å². The quantitative estimate of drug-likeness (QED) is 0.663. The molecule has 1 aromatic heterocycles. The van der Waals surface area contributed by atoms with E-state index < -0.39 is 9.84 Å². The van der Waals surface area contributed by atoms with Crippen LogP contribution in [0.4, 0.5) is 5.69 Å². The molecule has 118 valence electrons. The Labute approximate surface area is 134 Å². The predicted molar refractivity (Wildman–Crippen MR) is 92.3 cm³/mol. The van der Waals surface area contributed by atoms with Crippen LogP contribution >= 0.6 is 11.3 Å². The fourth-order valence-corrected chi connectivity index (χ4v) is 3.94. The van der Waals surface area contributed by atoms with Crippen molar-refractivity contribution >= 4 is 32.8 Å². The SMILES string of the molecule is Cc1cc(C)cc(NC(N)=NCc2ccc(S(C)(=O)=O)s2)c1. The summed E-state index contributed by atoms with van der Waals surface area (Å²) in [5, 5.41) is 3.04. The van der Waals surface area contributed by atoms with Gasteiger partial charge in [-0.15, -0.1) is 11.3 Å². The lowest BCUT2D eigenvalue weighted by molar-refractivity contribution is 0.604. The first kappa shape index (κ1) is 16.5. The van der Waals surface area contributed by atoms with E-state index in [1.807, 2.05) is 26.0 Å². The molecule has 2 aromatic rings. The van der Waals surface area contributed by atoms with Crippen LogP contribution in [0.3, 0.4) is 0 Å². The fraction of sp³-hybridized carbons (Fsp3) is 0.267. The summed E-state index contributed by atoms with van der Waals surface area (Å²) in [6.45, 7) is 4.39. The minimum absolute atomic E-state index is 0.305. The van der Waals surface area contributed by atoms with Crippen LogP contribution in [0, 0.1) is 13.8 Å². The van der Waals surface area contributed by atoms with Gasteiger partial charge in [-0.25, -0.2) is 13.4 Å². The highest BCUT2D eigenvalue weighted by Gasteiger charge is 2.10. The van der Waals surface area contributed by atoms with E-state index in [1.54, 1.807) is 12.1 Å². The third kappa shape index (κ3) is 4.57. The molecule has 0 aliphatic rings. The number of sulfone groups is 1. The third-order valence-electron chi connectivity index (χ3n) is 2.90. The molecule has 0 aliphatic heterocycles. The number of benzene rings is 1. The van der Waals surface area contributed by atoms with E-state index in [9.17, 15) is 8.42 Å². The Morgan fingerprint density at radius 2 is 1.86 bits per heavy atom. The zero-order chi connectivity index (χ0) is 16.3. The van der Waals surface area contributed by atoms with Crippen molar-refractivity contribution in [1.82, 2.24) is 0 Å². The molecule has 22 heavy (non-hydrogen) atoms. The van der Waals surface area contributed by atoms with Crippen LogP contribution in [-0.2, 0) is 16.4 Å². The average Bonchev–Trinajstić information content (AvgIpc) is 2.83. The van der Waals surface area contributed by atoms with Crippen molar-refractivity contribution in [3.63, 3.8) is 0 Å². The van der Waals surface area contributed by atoms with Gasteiger partial charge in [0.15, 0.2) is 15.8 Å². The van der Waals surface area contributed by atoms with Crippen molar-refractivity contribution in [3.05, 3.63) is 46.3 Å². The smallest absolute Gasteiger partial charge is 0.193 e. The molecule has 0 saturated carbocycles. The van der Waals surface area contributed by atoms with Crippen LogP contribution in [0.25, 0.3) is 0 Å². The van der Waals surface area contributed by atoms with Crippen molar-refractivity contribution in [2.24, 2.45) is 10.7 Å². The molecule has 2 rings (SSSR count). The maximum Gasteiger partial charge on any atom is 0.193 e. The first-order valence-corrected chi connectivity index (χ1v) is 9.39. The van der Waals surface area contributed by atoms with Crippen LogP contribution < -0.4 is 11.1 Å². The zero-order valence-electron chi connectivity index (χ0n) is 12.8. The van der Waals surface area contributed by atoms with Crippen molar-refractivity contribution in [2.75, 3.05) is 11.6 Å². The summed E-state index contributed by atoms with van der Waals surface area (Å²) in [5.74, 6) is 0.305. The second-order valence-electron chi connectivity index (χ2n) is 5.20. The molecule has 0 spiro atoms. The topological polar surface area (TPSA) is 84.5 Å². The molecule has 0 aliphatic carbocycles. The molecular weight excluding hydrogens is 318 g/mol. The van der Waals surface area contributed by atoms with Gasteiger partial charge in [0, 0.05) is 16.8 Å². The molecule has 0 fully saturated rings. The number of anilines is 1. The Morgan fingerprint density at radius 1 is 1.23 bits per heavy atom. The van der Waals surface area contributed by atoms with Crippen LogP contribution in [0.1, 0.15) is 16.0 Å². The minimum atomic E-state index is -3.16. The van der Waals surface area contributed by atoms with Crippen LogP contribution in [0.15, 0.2) is 39.5 Å². The second kappa shape index (κ2) is 6.50. The van der Waals surface area contributed by atoms with Gasteiger partial charge in [-0.05, 0) is 49.2 Å². The molecule has 0 unspecified atom stereocenters. The number of hydrogen-bond acceptors (Lipinski definition) is 4. The molecule has 0 saturated heterocycles. The highest BCUT2D eigenvalue weighted by Crippen LogP contribution is 2.22. The summed E-state index contributed by atoms with van der Waals surface area (Å²) in [4.78, 5) is 5.10. The largest absolute Gasteiger partial charge is 0.370 e. The second-order valence-corrected chi connectivity index (χ2v) is 8.61. The average molecular weight is 337 g/mol. The maximum atomic E-state index is 11.4. The lowest BCUT2D eigenvalue weighted by Gasteiger charge is -2.07. The maximum absolute atomic E-state index is 11.4. The Balaban J connectivity index is 2.05. The van der Waals surface area contributed by atoms with Crippen LogP contribution in [0.5, 0.6) is 0 Å². The Morgan fingerprint density at radius 3 is 2.41 bits per heavy atom. The van der Waals surface area contributed by atoms with Crippen LogP contribution in [-0.4, -0.2) is 20.6 Å². The first-order chi connectivity index (χ1) is 10.2. The van der Waals surface area contributed by atoms with Gasteiger partial charge in [0.1, 0.15) is 4.21 Å². The molecule has 1 aromatic carbocycles. The van der Waals surface area contributed by atoms with Crippen molar-refractivity contribution in [2.45, 2.75) is 24.6 Å². The van der Waals surface area contributed by atoms with E-state index in [0.29, 0.717) is 16.7 Å². The lowest BCUT2D eigenvalue weighted by atomic mass is 10.1. The van der Waals surface area contributed by atoms with Crippen molar-refractivity contribution in [3.8, 4) is 0 Å². The summed E-state index contributed by atoms with van der Waals surface area (Å²) < 4.78 is 23.2.